The minimum absolute atomic E-state index is 0.105. The molecule has 0 atom stereocenters. The van der Waals surface area contributed by atoms with Crippen LogP contribution in [0.15, 0.2) is 0 Å². The summed E-state index contributed by atoms with van der Waals surface area (Å²) in [4.78, 5) is 25.5. The summed E-state index contributed by atoms with van der Waals surface area (Å²) in [6.07, 6.45) is 10.0. The van der Waals surface area contributed by atoms with Crippen LogP contribution in [-0.2, 0) is 35.0 Å². The SMILES string of the molecule is CC[Si](=O)C[Si](CCCNC(=O)CCCCC[N+](C)(C)CCC[N+](C)(C)CCCCCC(=O)NCCC[Si](O[Si](C)(C)C)(O[Si](C)(C)C)O[Si](C)(C)C)(C[Si](=O)CC)O[Si](C)(C)C. The molecule has 2 amide bonds. The first-order valence-electron chi connectivity index (χ1n) is 24.7. The first-order valence-corrected chi connectivity index (χ1v) is 46.4. The molecule has 0 rings (SSSR count). The van der Waals surface area contributed by atoms with Gasteiger partial charge in [0.2, 0.25) is 11.8 Å². The number of nitrogens with zero attached hydrogens (tertiary/aromatic N) is 2. The molecule has 0 radical (unpaired) electrons. The van der Waals surface area contributed by atoms with Crippen molar-refractivity contribution >= 4 is 79.6 Å². The molecule has 0 aromatic carbocycles. The molecule has 0 saturated heterocycles. The fourth-order valence-corrected chi connectivity index (χ4v) is 41.8. The Balaban J connectivity index is 4.53. The summed E-state index contributed by atoms with van der Waals surface area (Å²) in [6.45, 7) is 36.1. The Morgan fingerprint density at radius 2 is 0.794 bits per heavy atom. The van der Waals surface area contributed by atoms with E-state index < -0.39 is 67.8 Å². The Labute approximate surface area is 398 Å². The molecule has 0 aliphatic rings. The molecule has 0 aliphatic carbocycles. The van der Waals surface area contributed by atoms with Crippen LogP contribution in [0.5, 0.6) is 0 Å². The third-order valence-corrected chi connectivity index (χ3v) is 38.1. The molecule has 0 aromatic heterocycles. The van der Waals surface area contributed by atoms with E-state index in [9.17, 15) is 18.5 Å². The number of carbonyl (C=O) groups is 2. The minimum Gasteiger partial charge on any atom is -0.455 e. The highest BCUT2D eigenvalue weighted by atomic mass is 28.5. The van der Waals surface area contributed by atoms with Gasteiger partial charge < -0.3 is 45.0 Å². The molecular formula is C43H102N4O8Si8+2. The van der Waals surface area contributed by atoms with Gasteiger partial charge in [-0.1, -0.05) is 13.8 Å². The van der Waals surface area contributed by atoms with Crippen molar-refractivity contribution < 1.29 is 43.9 Å². The van der Waals surface area contributed by atoms with Crippen LogP contribution < -0.4 is 10.6 Å². The number of amides is 2. The number of nitrogens with one attached hydrogen (secondary N) is 2. The fraction of sp³-hybridized carbons (Fsp3) is 0.953. The van der Waals surface area contributed by atoms with E-state index in [1.807, 2.05) is 13.8 Å². The van der Waals surface area contributed by atoms with E-state index in [2.05, 4.69) is 117 Å². The molecule has 0 aliphatic heterocycles. The predicted molar refractivity (Wildman–Crippen MR) is 283 cm³/mol. The molecule has 2 N–H and O–H groups in total. The lowest BCUT2D eigenvalue weighted by Crippen LogP contribution is -2.60. The van der Waals surface area contributed by atoms with Crippen molar-refractivity contribution in [2.45, 2.75) is 199 Å². The summed E-state index contributed by atoms with van der Waals surface area (Å²) in [7, 11) is -7.12. The van der Waals surface area contributed by atoms with Crippen LogP contribution >= 0.6 is 0 Å². The standard InChI is InChI=1S/C43H100N4O8Si8/c1-19-56(50)40-62(41-57(51)20-2,52-58(7,8)9)38-27-32-44-42(48)30-23-21-25-34-46(3,4)36-29-37-47(5,6)35-26-22-24-31-43(49)45-33-28-39-63(53-59(10,11)12,54-60(13,14)15)55-61(16,17)18/h19-41H2,1-18H3/p+2. The van der Waals surface area contributed by atoms with Gasteiger partial charge in [-0.15, -0.1) is 0 Å². The summed E-state index contributed by atoms with van der Waals surface area (Å²) in [5.41, 5.74) is 1.26. The lowest BCUT2D eigenvalue weighted by molar-refractivity contribution is -0.909. The van der Waals surface area contributed by atoms with Gasteiger partial charge in [-0.05, 0) is 148 Å². The van der Waals surface area contributed by atoms with Crippen molar-refractivity contribution in [1.82, 2.24) is 10.6 Å². The van der Waals surface area contributed by atoms with Gasteiger partial charge in [0.05, 0.1) is 54.4 Å². The van der Waals surface area contributed by atoms with Crippen LogP contribution in [0.3, 0.4) is 0 Å². The zero-order chi connectivity index (χ0) is 48.8. The summed E-state index contributed by atoms with van der Waals surface area (Å²) < 4.78 is 54.7. The summed E-state index contributed by atoms with van der Waals surface area (Å²) in [6, 6.07) is 2.90. The van der Waals surface area contributed by atoms with Crippen molar-refractivity contribution in [3.05, 3.63) is 0 Å². The predicted octanol–water partition coefficient (Wildman–Crippen LogP) is 9.92. The Kier molecular flexibility index (Phi) is 29.2. The number of carbonyl (C=O) groups excluding carboxylic acids is 2. The van der Waals surface area contributed by atoms with Crippen molar-refractivity contribution in [2.24, 2.45) is 0 Å². The van der Waals surface area contributed by atoms with E-state index in [1.54, 1.807) is 0 Å². The van der Waals surface area contributed by atoms with Gasteiger partial charge in [0.25, 0.3) is 17.4 Å². The number of hydrogen-bond acceptors (Lipinski definition) is 8. The Morgan fingerprint density at radius 3 is 1.13 bits per heavy atom. The van der Waals surface area contributed by atoms with E-state index in [0.717, 1.165) is 98.6 Å². The van der Waals surface area contributed by atoms with Gasteiger partial charge in [-0.2, -0.15) is 0 Å². The van der Waals surface area contributed by atoms with E-state index in [4.69, 9.17) is 16.5 Å². The van der Waals surface area contributed by atoms with E-state index in [1.165, 1.54) is 6.42 Å². The highest BCUT2D eigenvalue weighted by molar-refractivity contribution is 6.94. The Bertz CT molecular complexity index is 1310. The van der Waals surface area contributed by atoms with Gasteiger partial charge >= 0.3 is 8.80 Å². The molecule has 0 aromatic rings. The maximum absolute atomic E-state index is 12.8. The maximum atomic E-state index is 12.8. The van der Waals surface area contributed by atoms with Gasteiger partial charge in [0.15, 0.2) is 41.6 Å². The summed E-state index contributed by atoms with van der Waals surface area (Å²) in [5, 5.41) is 6.29. The molecule has 0 bridgehead atoms. The smallest absolute Gasteiger partial charge is 0.455 e. The topological polar surface area (TPSA) is 129 Å². The van der Waals surface area contributed by atoms with Gasteiger partial charge in [-0.3, -0.25) is 9.59 Å². The van der Waals surface area contributed by atoms with Crippen LogP contribution in [0.1, 0.15) is 84.5 Å². The monoisotopic (exact) mass is 1030 g/mol. The maximum Gasteiger partial charge on any atom is 0.469 e. The third-order valence-electron chi connectivity index (χ3n) is 10.7. The highest BCUT2D eigenvalue weighted by Gasteiger charge is 2.49. The molecule has 0 saturated carbocycles. The number of rotatable bonds is 38. The Hall–Kier alpha value is 0.0351. The van der Waals surface area contributed by atoms with E-state index >= 15 is 0 Å². The lowest BCUT2D eigenvalue weighted by Gasteiger charge is -2.43. The van der Waals surface area contributed by atoms with Crippen LogP contribution in [0.25, 0.3) is 0 Å². The molecule has 12 nitrogen and oxygen atoms in total. The number of unbranched alkanes of at least 4 members (excludes halogenated alkanes) is 4. The van der Waals surface area contributed by atoms with E-state index in [-0.39, 0.29) is 11.8 Å². The second kappa shape index (κ2) is 29.2. The average molecular weight is 1030 g/mol. The zero-order valence-corrected chi connectivity index (χ0v) is 52.4. The first-order chi connectivity index (χ1) is 28.6. The van der Waals surface area contributed by atoms with Crippen molar-refractivity contribution in [3.8, 4) is 0 Å². The fourth-order valence-electron chi connectivity index (χ4n) is 8.10. The van der Waals surface area contributed by atoms with Crippen LogP contribution in [0.4, 0.5) is 0 Å². The first kappa shape index (κ1) is 63.0. The van der Waals surface area contributed by atoms with E-state index in [0.29, 0.717) is 49.4 Å². The van der Waals surface area contributed by atoms with Gasteiger partial charge in [-0.25, -0.2) is 0 Å². The minimum atomic E-state index is -2.87. The number of hydrogen-bond donors (Lipinski definition) is 2. The second-order valence-corrected chi connectivity index (χ2v) is 54.8. The van der Waals surface area contributed by atoms with Crippen molar-refractivity contribution in [2.75, 3.05) is 67.5 Å². The quantitative estimate of drug-likeness (QED) is 0.0356. The van der Waals surface area contributed by atoms with Crippen LogP contribution in [-0.4, -0.2) is 156 Å². The molecular weight excluding hydrogens is 925 g/mol. The Morgan fingerprint density at radius 1 is 0.460 bits per heavy atom. The molecule has 20 heteroatoms. The summed E-state index contributed by atoms with van der Waals surface area (Å²) >= 11 is 0. The van der Waals surface area contributed by atoms with Gasteiger partial charge in [0, 0.05) is 49.7 Å². The summed E-state index contributed by atoms with van der Waals surface area (Å²) in [5.74, 6) is 0.238. The zero-order valence-electron chi connectivity index (χ0n) is 44.4. The molecule has 0 heterocycles. The lowest BCUT2D eigenvalue weighted by atomic mass is 10.1. The normalized spacial score (nSPS) is 13.6. The largest absolute Gasteiger partial charge is 0.469 e. The molecule has 0 spiro atoms. The van der Waals surface area contributed by atoms with Crippen molar-refractivity contribution in [1.29, 1.82) is 0 Å². The average Bonchev–Trinajstić information content (AvgIpc) is 3.08. The highest BCUT2D eigenvalue weighted by Crippen LogP contribution is 2.31. The van der Waals surface area contributed by atoms with Crippen LogP contribution in [0.2, 0.25) is 114 Å². The third kappa shape index (κ3) is 34.9. The molecule has 372 valence electrons. The molecule has 0 unspecified atom stereocenters. The van der Waals surface area contributed by atoms with Gasteiger partial charge in [0.1, 0.15) is 0 Å². The van der Waals surface area contributed by atoms with Crippen molar-refractivity contribution in [3.63, 3.8) is 0 Å². The van der Waals surface area contributed by atoms with Crippen LogP contribution in [0, 0.1) is 0 Å². The molecule has 63 heavy (non-hydrogen) atoms. The number of quaternary nitrogens is 2. The molecule has 0 fully saturated rings. The second-order valence-electron chi connectivity index (χ2n) is 23.5.